The number of para-hydroxylation sites is 1. The van der Waals surface area contributed by atoms with Crippen LogP contribution in [0.1, 0.15) is 18.4 Å². The van der Waals surface area contributed by atoms with Crippen LogP contribution in [0.25, 0.3) is 0 Å². The summed E-state index contributed by atoms with van der Waals surface area (Å²) in [5, 5.41) is 11.2. The molecule has 1 aliphatic rings. The Kier molecular flexibility index (Phi) is 4.52. The van der Waals surface area contributed by atoms with Crippen molar-refractivity contribution in [3.63, 3.8) is 0 Å². The molecule has 1 aromatic carbocycles. The molecule has 1 heterocycles. The van der Waals surface area contributed by atoms with Crippen LogP contribution >= 0.6 is 0 Å². The Morgan fingerprint density at radius 1 is 1.32 bits per heavy atom. The summed E-state index contributed by atoms with van der Waals surface area (Å²) in [5.74, 6) is -0.275. The minimum atomic E-state index is -0.251. The van der Waals surface area contributed by atoms with Gasteiger partial charge in [0.15, 0.2) is 0 Å². The molecule has 1 aromatic rings. The van der Waals surface area contributed by atoms with Crippen LogP contribution in [0.3, 0.4) is 0 Å². The molecule has 0 aromatic heterocycles. The van der Waals surface area contributed by atoms with Crippen LogP contribution in [0, 0.1) is 0 Å². The smallest absolute Gasteiger partial charge is 0.240 e. The second kappa shape index (κ2) is 6.33. The first-order chi connectivity index (χ1) is 9.22. The number of carbonyl (C=O) groups is 2. The lowest BCUT2D eigenvalue weighted by atomic mass is 10.1. The molecule has 0 saturated heterocycles. The van der Waals surface area contributed by atoms with Gasteiger partial charge in [-0.1, -0.05) is 18.2 Å². The third kappa shape index (κ3) is 3.32. The van der Waals surface area contributed by atoms with E-state index in [9.17, 15) is 9.59 Å². The number of rotatable bonds is 4. The van der Waals surface area contributed by atoms with E-state index in [4.69, 9.17) is 5.11 Å². The second-order valence-electron chi connectivity index (χ2n) is 4.54. The summed E-state index contributed by atoms with van der Waals surface area (Å²) in [6.07, 6.45) is 2.13. The lowest BCUT2D eigenvalue weighted by Gasteiger charge is -2.22. The molecule has 102 valence electrons. The van der Waals surface area contributed by atoms with E-state index in [1.807, 2.05) is 24.3 Å². The van der Waals surface area contributed by atoms with Gasteiger partial charge in [0.05, 0.1) is 6.61 Å². The number of nitrogens with zero attached hydrogens (tertiary/aromatic N) is 1. The van der Waals surface area contributed by atoms with E-state index in [-0.39, 0.29) is 31.5 Å². The Morgan fingerprint density at radius 3 is 2.89 bits per heavy atom. The maximum Gasteiger partial charge on any atom is 0.240 e. The summed E-state index contributed by atoms with van der Waals surface area (Å²) in [6, 6.07) is 7.68. The zero-order valence-corrected chi connectivity index (χ0v) is 10.8. The number of hydrogen-bond acceptors (Lipinski definition) is 3. The van der Waals surface area contributed by atoms with Gasteiger partial charge in [-0.2, -0.15) is 0 Å². The van der Waals surface area contributed by atoms with Gasteiger partial charge in [0, 0.05) is 18.7 Å². The van der Waals surface area contributed by atoms with Gasteiger partial charge in [-0.15, -0.1) is 0 Å². The molecule has 19 heavy (non-hydrogen) atoms. The highest BCUT2D eigenvalue weighted by Gasteiger charge is 2.23. The van der Waals surface area contributed by atoms with Crippen molar-refractivity contribution in [1.29, 1.82) is 0 Å². The van der Waals surface area contributed by atoms with Crippen LogP contribution in [0.15, 0.2) is 24.3 Å². The van der Waals surface area contributed by atoms with E-state index in [1.165, 1.54) is 4.90 Å². The van der Waals surface area contributed by atoms with E-state index < -0.39 is 0 Å². The SMILES string of the molecule is O=C(CN1C(=O)CCCc2ccccc21)NCCO. The molecule has 0 saturated carbocycles. The molecule has 1 aliphatic heterocycles. The predicted octanol–water partition coefficient (Wildman–Crippen LogP) is 0.464. The summed E-state index contributed by atoms with van der Waals surface area (Å²) in [4.78, 5) is 25.3. The molecule has 5 heteroatoms. The van der Waals surface area contributed by atoms with Crippen molar-refractivity contribution >= 4 is 17.5 Å². The molecule has 0 unspecified atom stereocenters. The second-order valence-corrected chi connectivity index (χ2v) is 4.54. The fourth-order valence-electron chi connectivity index (χ4n) is 2.25. The van der Waals surface area contributed by atoms with Crippen LogP contribution in [0.5, 0.6) is 0 Å². The first-order valence-electron chi connectivity index (χ1n) is 6.48. The van der Waals surface area contributed by atoms with Crippen molar-refractivity contribution in [3.05, 3.63) is 29.8 Å². The van der Waals surface area contributed by atoms with Crippen LogP contribution in [-0.2, 0) is 16.0 Å². The molecule has 2 amide bonds. The van der Waals surface area contributed by atoms with Gasteiger partial charge >= 0.3 is 0 Å². The molecule has 0 aliphatic carbocycles. The van der Waals surface area contributed by atoms with Crippen LogP contribution in [0.4, 0.5) is 5.69 Å². The predicted molar refractivity (Wildman–Crippen MR) is 71.8 cm³/mol. The molecule has 0 bridgehead atoms. The van der Waals surface area contributed by atoms with Gasteiger partial charge in [0.25, 0.3) is 0 Å². The highest BCUT2D eigenvalue weighted by atomic mass is 16.3. The average molecular weight is 262 g/mol. The summed E-state index contributed by atoms with van der Waals surface area (Å²) in [6.45, 7) is 0.120. The number of anilines is 1. The van der Waals surface area contributed by atoms with E-state index in [0.29, 0.717) is 6.42 Å². The lowest BCUT2D eigenvalue weighted by molar-refractivity contribution is -0.123. The molecular weight excluding hydrogens is 244 g/mol. The standard InChI is InChI=1S/C14H18N2O3/c17-9-8-15-13(18)10-16-12-6-2-1-4-11(12)5-3-7-14(16)19/h1-2,4,6,17H,3,5,7-10H2,(H,15,18). The Hall–Kier alpha value is -1.88. The fraction of sp³-hybridized carbons (Fsp3) is 0.429. The molecular formula is C14H18N2O3. The monoisotopic (exact) mass is 262 g/mol. The Bertz CT molecular complexity index is 474. The van der Waals surface area contributed by atoms with Crippen molar-refractivity contribution in [1.82, 2.24) is 5.32 Å². The summed E-state index contributed by atoms with van der Waals surface area (Å²) >= 11 is 0. The number of nitrogens with one attached hydrogen (secondary N) is 1. The van der Waals surface area contributed by atoms with Gasteiger partial charge in [-0.05, 0) is 24.5 Å². The van der Waals surface area contributed by atoms with Crippen LogP contribution in [0.2, 0.25) is 0 Å². The number of benzene rings is 1. The lowest BCUT2D eigenvalue weighted by Crippen LogP contribution is -2.41. The Balaban J connectivity index is 2.17. The molecule has 0 radical (unpaired) electrons. The minimum absolute atomic E-state index is 0.00977. The van der Waals surface area contributed by atoms with E-state index in [0.717, 1.165) is 24.1 Å². The van der Waals surface area contributed by atoms with Gasteiger partial charge in [-0.25, -0.2) is 0 Å². The molecule has 2 rings (SSSR count). The maximum atomic E-state index is 12.1. The van der Waals surface area contributed by atoms with Crippen molar-refractivity contribution in [3.8, 4) is 0 Å². The summed E-state index contributed by atoms with van der Waals surface area (Å²) in [7, 11) is 0. The minimum Gasteiger partial charge on any atom is -0.395 e. The largest absolute Gasteiger partial charge is 0.395 e. The number of hydrogen-bond donors (Lipinski definition) is 2. The number of carbonyl (C=O) groups excluding carboxylic acids is 2. The highest BCUT2D eigenvalue weighted by molar-refractivity contribution is 5.99. The van der Waals surface area contributed by atoms with Crippen molar-refractivity contribution in [2.24, 2.45) is 0 Å². The number of aryl methyl sites for hydroxylation is 1. The van der Waals surface area contributed by atoms with E-state index >= 15 is 0 Å². The first kappa shape index (κ1) is 13.5. The molecule has 0 atom stereocenters. The average Bonchev–Trinajstić information content (AvgIpc) is 2.57. The van der Waals surface area contributed by atoms with Gasteiger partial charge in [-0.3, -0.25) is 9.59 Å². The Labute approximate surface area is 112 Å². The first-order valence-corrected chi connectivity index (χ1v) is 6.48. The van der Waals surface area contributed by atoms with Gasteiger partial charge in [0.2, 0.25) is 11.8 Å². The number of aliphatic hydroxyl groups is 1. The zero-order chi connectivity index (χ0) is 13.7. The molecule has 0 spiro atoms. The van der Waals surface area contributed by atoms with Crippen LogP contribution in [-0.4, -0.2) is 36.6 Å². The third-order valence-corrected chi connectivity index (χ3v) is 3.16. The summed E-state index contributed by atoms with van der Waals surface area (Å²) < 4.78 is 0. The normalized spacial score (nSPS) is 14.8. The third-order valence-electron chi connectivity index (χ3n) is 3.16. The zero-order valence-electron chi connectivity index (χ0n) is 10.8. The quantitative estimate of drug-likeness (QED) is 0.828. The number of amides is 2. The van der Waals surface area contributed by atoms with E-state index in [1.54, 1.807) is 0 Å². The van der Waals surface area contributed by atoms with Crippen molar-refractivity contribution < 1.29 is 14.7 Å². The number of aliphatic hydroxyl groups excluding tert-OH is 1. The molecule has 2 N–H and O–H groups in total. The highest BCUT2D eigenvalue weighted by Crippen LogP contribution is 2.26. The topological polar surface area (TPSA) is 69.6 Å². The van der Waals surface area contributed by atoms with E-state index in [2.05, 4.69) is 5.32 Å². The van der Waals surface area contributed by atoms with Gasteiger partial charge < -0.3 is 15.3 Å². The Morgan fingerprint density at radius 2 is 2.11 bits per heavy atom. The molecule has 0 fully saturated rings. The van der Waals surface area contributed by atoms with Crippen LogP contribution < -0.4 is 10.2 Å². The molecule has 5 nitrogen and oxygen atoms in total. The van der Waals surface area contributed by atoms with Gasteiger partial charge in [0.1, 0.15) is 6.54 Å². The van der Waals surface area contributed by atoms with Crippen molar-refractivity contribution in [2.75, 3.05) is 24.6 Å². The maximum absolute atomic E-state index is 12.1. The van der Waals surface area contributed by atoms with Crippen molar-refractivity contribution in [2.45, 2.75) is 19.3 Å². The summed E-state index contributed by atoms with van der Waals surface area (Å²) in [5.41, 5.74) is 1.92. The number of fused-ring (bicyclic) bond motifs is 1. The fourth-order valence-corrected chi connectivity index (χ4v) is 2.25.